The number of nitrogens with zero attached hydrogens (tertiary/aromatic N) is 2. The maximum atomic E-state index is 12.4. The molecule has 0 spiro atoms. The second-order valence-electron chi connectivity index (χ2n) is 5.85. The fraction of sp³-hybridized carbons (Fsp3) is 0.158. The Bertz CT molecular complexity index is 1150. The van der Waals surface area contributed by atoms with E-state index in [1.165, 1.54) is 10.9 Å². The SMILES string of the molecule is C#Cc1cccc(NC(=O)CNC(=O)c2sc3ncn(C)c(=O)c3c2C)c1. The maximum absolute atomic E-state index is 12.4. The summed E-state index contributed by atoms with van der Waals surface area (Å²) in [5.41, 5.74) is 1.55. The van der Waals surface area contributed by atoms with Gasteiger partial charge in [0.1, 0.15) is 4.83 Å². The number of hydrogen-bond acceptors (Lipinski definition) is 5. The van der Waals surface area contributed by atoms with E-state index in [9.17, 15) is 14.4 Å². The molecule has 136 valence electrons. The summed E-state index contributed by atoms with van der Waals surface area (Å²) in [6.07, 6.45) is 6.75. The van der Waals surface area contributed by atoms with E-state index in [-0.39, 0.29) is 18.0 Å². The first-order valence-electron chi connectivity index (χ1n) is 8.00. The zero-order chi connectivity index (χ0) is 19.6. The Kier molecular flexibility index (Phi) is 5.05. The monoisotopic (exact) mass is 380 g/mol. The smallest absolute Gasteiger partial charge is 0.262 e. The third kappa shape index (κ3) is 3.73. The summed E-state index contributed by atoms with van der Waals surface area (Å²) in [4.78, 5) is 41.8. The summed E-state index contributed by atoms with van der Waals surface area (Å²) >= 11 is 1.13. The van der Waals surface area contributed by atoms with Gasteiger partial charge in [0, 0.05) is 18.3 Å². The van der Waals surface area contributed by atoms with Crippen LogP contribution in [0.4, 0.5) is 5.69 Å². The van der Waals surface area contributed by atoms with Crippen LogP contribution >= 0.6 is 11.3 Å². The van der Waals surface area contributed by atoms with Crippen LogP contribution in [0.25, 0.3) is 10.2 Å². The van der Waals surface area contributed by atoms with E-state index in [1.807, 2.05) is 0 Å². The number of amides is 2. The number of aromatic nitrogens is 2. The normalized spacial score (nSPS) is 10.4. The van der Waals surface area contributed by atoms with Gasteiger partial charge in [0.05, 0.1) is 23.1 Å². The topological polar surface area (TPSA) is 93.1 Å². The highest BCUT2D eigenvalue weighted by Crippen LogP contribution is 2.26. The van der Waals surface area contributed by atoms with Crippen LogP contribution in [0.1, 0.15) is 20.8 Å². The molecule has 2 heterocycles. The van der Waals surface area contributed by atoms with Crippen molar-refractivity contribution in [2.75, 3.05) is 11.9 Å². The molecule has 0 bridgehead atoms. The Balaban J connectivity index is 1.71. The molecule has 2 aromatic heterocycles. The third-order valence-corrected chi connectivity index (χ3v) is 5.14. The summed E-state index contributed by atoms with van der Waals surface area (Å²) in [7, 11) is 1.60. The van der Waals surface area contributed by atoms with Crippen LogP contribution in [0.15, 0.2) is 35.4 Å². The molecule has 7 nitrogen and oxygen atoms in total. The lowest BCUT2D eigenvalue weighted by atomic mass is 10.2. The van der Waals surface area contributed by atoms with Crippen molar-refractivity contribution in [2.45, 2.75) is 6.92 Å². The van der Waals surface area contributed by atoms with Gasteiger partial charge in [-0.05, 0) is 30.7 Å². The number of rotatable bonds is 4. The average molecular weight is 380 g/mol. The molecule has 2 amide bonds. The lowest BCUT2D eigenvalue weighted by molar-refractivity contribution is -0.115. The molecular weight excluding hydrogens is 364 g/mol. The van der Waals surface area contributed by atoms with Gasteiger partial charge in [-0.15, -0.1) is 17.8 Å². The number of anilines is 1. The van der Waals surface area contributed by atoms with Gasteiger partial charge in [-0.25, -0.2) is 4.98 Å². The molecular formula is C19H16N4O3S. The average Bonchev–Trinajstić information content (AvgIpc) is 3.00. The van der Waals surface area contributed by atoms with Crippen molar-refractivity contribution in [1.82, 2.24) is 14.9 Å². The van der Waals surface area contributed by atoms with Crippen molar-refractivity contribution in [3.8, 4) is 12.3 Å². The molecule has 0 radical (unpaired) electrons. The third-order valence-electron chi connectivity index (χ3n) is 3.94. The zero-order valence-electron chi connectivity index (χ0n) is 14.7. The molecule has 0 aliphatic heterocycles. The minimum atomic E-state index is -0.426. The highest BCUT2D eigenvalue weighted by Gasteiger charge is 2.19. The number of benzene rings is 1. The highest BCUT2D eigenvalue weighted by molar-refractivity contribution is 7.20. The van der Waals surface area contributed by atoms with Crippen LogP contribution in [-0.2, 0) is 11.8 Å². The molecule has 27 heavy (non-hydrogen) atoms. The number of fused-ring (bicyclic) bond motifs is 1. The van der Waals surface area contributed by atoms with Gasteiger partial charge in [-0.3, -0.25) is 14.4 Å². The molecule has 8 heteroatoms. The standard InChI is InChI=1S/C19H16N4O3S/c1-4-12-6-5-7-13(8-12)22-14(24)9-20-17(25)16-11(2)15-18(27-16)21-10-23(3)19(15)26/h1,5-8,10H,9H2,2-3H3,(H,20,25)(H,22,24). The molecule has 1 aromatic carbocycles. The largest absolute Gasteiger partial charge is 0.342 e. The summed E-state index contributed by atoms with van der Waals surface area (Å²) in [6, 6.07) is 6.85. The zero-order valence-corrected chi connectivity index (χ0v) is 15.5. The molecule has 0 aliphatic rings. The second-order valence-corrected chi connectivity index (χ2v) is 6.85. The predicted molar refractivity (Wildman–Crippen MR) is 105 cm³/mol. The van der Waals surface area contributed by atoms with E-state index in [0.717, 1.165) is 11.3 Å². The van der Waals surface area contributed by atoms with Crippen LogP contribution in [0.2, 0.25) is 0 Å². The van der Waals surface area contributed by atoms with Gasteiger partial charge in [-0.2, -0.15) is 0 Å². The first-order valence-corrected chi connectivity index (χ1v) is 8.82. The summed E-state index contributed by atoms with van der Waals surface area (Å²) < 4.78 is 1.36. The van der Waals surface area contributed by atoms with Crippen molar-refractivity contribution in [1.29, 1.82) is 0 Å². The molecule has 0 unspecified atom stereocenters. The second kappa shape index (κ2) is 7.43. The summed E-state index contributed by atoms with van der Waals surface area (Å²) in [6.45, 7) is 1.49. The number of hydrogen-bond donors (Lipinski definition) is 2. The fourth-order valence-corrected chi connectivity index (χ4v) is 3.61. The number of carbonyl (C=O) groups is 2. The van der Waals surface area contributed by atoms with Crippen LogP contribution < -0.4 is 16.2 Å². The van der Waals surface area contributed by atoms with Gasteiger partial charge in [-0.1, -0.05) is 12.0 Å². The van der Waals surface area contributed by atoms with Crippen LogP contribution in [-0.4, -0.2) is 27.9 Å². The van der Waals surface area contributed by atoms with E-state index in [0.29, 0.717) is 31.9 Å². The minimum Gasteiger partial charge on any atom is -0.342 e. The number of thiophene rings is 1. The van der Waals surface area contributed by atoms with Crippen molar-refractivity contribution >= 4 is 39.1 Å². The van der Waals surface area contributed by atoms with Crippen LogP contribution in [0.3, 0.4) is 0 Å². The Morgan fingerprint density at radius 2 is 2.15 bits per heavy atom. The number of aryl methyl sites for hydroxylation is 2. The first-order chi connectivity index (χ1) is 12.9. The summed E-state index contributed by atoms with van der Waals surface area (Å²) in [5.74, 6) is 1.68. The first kappa shape index (κ1) is 18.4. The van der Waals surface area contributed by atoms with Gasteiger partial charge in [0.2, 0.25) is 5.91 Å². The van der Waals surface area contributed by atoms with Gasteiger partial charge in [0.25, 0.3) is 11.5 Å². The van der Waals surface area contributed by atoms with Crippen molar-refractivity contribution < 1.29 is 9.59 Å². The molecule has 2 N–H and O–H groups in total. The molecule has 0 aliphatic carbocycles. The van der Waals surface area contributed by atoms with Crippen molar-refractivity contribution in [2.24, 2.45) is 7.05 Å². The quantitative estimate of drug-likeness (QED) is 0.673. The Labute approximate surface area is 159 Å². The Hall–Kier alpha value is -3.44. The molecule has 3 rings (SSSR count). The van der Waals surface area contributed by atoms with Crippen molar-refractivity contribution in [3.05, 3.63) is 57.0 Å². The minimum absolute atomic E-state index is 0.209. The molecule has 0 saturated carbocycles. The van der Waals surface area contributed by atoms with E-state index in [4.69, 9.17) is 6.42 Å². The van der Waals surface area contributed by atoms with Gasteiger partial charge in [0.15, 0.2) is 0 Å². The predicted octanol–water partition coefficient (Wildman–Crippen LogP) is 1.65. The van der Waals surface area contributed by atoms with E-state index in [1.54, 1.807) is 38.2 Å². The molecule has 3 aromatic rings. The maximum Gasteiger partial charge on any atom is 0.262 e. The Morgan fingerprint density at radius 1 is 1.37 bits per heavy atom. The number of terminal acetylenes is 1. The van der Waals surface area contributed by atoms with E-state index in [2.05, 4.69) is 21.5 Å². The fourth-order valence-electron chi connectivity index (χ4n) is 2.56. The van der Waals surface area contributed by atoms with E-state index >= 15 is 0 Å². The molecule has 0 saturated heterocycles. The van der Waals surface area contributed by atoms with Gasteiger partial charge < -0.3 is 15.2 Å². The van der Waals surface area contributed by atoms with Crippen LogP contribution in [0, 0.1) is 19.3 Å². The Morgan fingerprint density at radius 3 is 2.89 bits per heavy atom. The van der Waals surface area contributed by atoms with Gasteiger partial charge >= 0.3 is 0 Å². The molecule has 0 fully saturated rings. The number of nitrogens with one attached hydrogen (secondary N) is 2. The highest BCUT2D eigenvalue weighted by atomic mass is 32.1. The van der Waals surface area contributed by atoms with Crippen molar-refractivity contribution in [3.63, 3.8) is 0 Å². The summed E-state index contributed by atoms with van der Waals surface area (Å²) in [5, 5.41) is 5.66. The molecule has 0 atom stereocenters. The lowest BCUT2D eigenvalue weighted by Gasteiger charge is -2.07. The number of carbonyl (C=O) groups excluding carboxylic acids is 2. The lowest BCUT2D eigenvalue weighted by Crippen LogP contribution is -2.32. The van der Waals surface area contributed by atoms with E-state index < -0.39 is 5.91 Å². The van der Waals surface area contributed by atoms with Crippen LogP contribution in [0.5, 0.6) is 0 Å².